The van der Waals surface area contributed by atoms with Crippen molar-refractivity contribution in [2.24, 2.45) is 5.16 Å². The van der Waals surface area contributed by atoms with Crippen LogP contribution in [-0.4, -0.2) is 16.6 Å². The number of aromatic nitrogens is 1. The third kappa shape index (κ3) is 5.99. The molecule has 0 radical (unpaired) electrons. The van der Waals surface area contributed by atoms with Crippen molar-refractivity contribution in [2.45, 2.75) is 45.0 Å². The van der Waals surface area contributed by atoms with Crippen molar-refractivity contribution < 1.29 is 27.2 Å². The number of alkyl halides is 3. The average molecular weight is 562 g/mol. The van der Waals surface area contributed by atoms with Gasteiger partial charge >= 0.3 is 6.18 Å². The Labute approximate surface area is 234 Å². The molecule has 0 saturated carbocycles. The molecular formula is C32H27F4N3O2. The number of oxime groups is 1. The van der Waals surface area contributed by atoms with Gasteiger partial charge in [0.25, 0.3) is 5.91 Å². The van der Waals surface area contributed by atoms with Gasteiger partial charge in [0.15, 0.2) is 5.60 Å². The first-order valence-electron chi connectivity index (χ1n) is 13.0. The normalized spacial score (nSPS) is 17.5. The molecule has 5 nitrogen and oxygen atoms in total. The molecule has 0 fully saturated rings. The quantitative estimate of drug-likeness (QED) is 0.245. The standard InChI is InChI=1S/C32H27F4N3O2/c1-19-9-11-26(27(33)13-19)22-14-23(28-17-31(3,41-39-28)25-7-5-4-6-8-25)16-24(15-22)30(40)38-20(2)21-10-12-29(37-18-21)32(34,35)36/h4-16,18,20H,17H2,1-3H3,(H,38,40)/t20-,31?/m1/s1. The summed E-state index contributed by atoms with van der Waals surface area (Å²) in [5, 5.41) is 7.14. The molecule has 4 aromatic rings. The summed E-state index contributed by atoms with van der Waals surface area (Å²) in [5.74, 6) is -0.921. The summed E-state index contributed by atoms with van der Waals surface area (Å²) >= 11 is 0. The Bertz CT molecular complexity index is 1620. The maximum atomic E-state index is 15.0. The molecule has 1 aliphatic rings. The highest BCUT2D eigenvalue weighted by molar-refractivity contribution is 6.05. The van der Waals surface area contributed by atoms with E-state index in [1.165, 1.54) is 12.1 Å². The average Bonchev–Trinajstić information content (AvgIpc) is 3.36. The number of rotatable bonds is 6. The van der Waals surface area contributed by atoms with Crippen LogP contribution in [0.3, 0.4) is 0 Å². The van der Waals surface area contributed by atoms with E-state index >= 15 is 4.39 Å². The van der Waals surface area contributed by atoms with E-state index in [1.807, 2.05) is 37.3 Å². The number of amides is 1. The van der Waals surface area contributed by atoms with Gasteiger partial charge < -0.3 is 10.2 Å². The van der Waals surface area contributed by atoms with Crippen LogP contribution < -0.4 is 5.32 Å². The first kappa shape index (κ1) is 28.0. The second-order valence-electron chi connectivity index (χ2n) is 10.4. The molecule has 41 heavy (non-hydrogen) atoms. The molecular weight excluding hydrogens is 534 g/mol. The fourth-order valence-electron chi connectivity index (χ4n) is 4.77. The summed E-state index contributed by atoms with van der Waals surface area (Å²) in [6.45, 7) is 5.36. The fraction of sp³-hybridized carbons (Fsp3) is 0.219. The number of pyridine rings is 1. The van der Waals surface area contributed by atoms with Crippen LogP contribution in [0.25, 0.3) is 11.1 Å². The van der Waals surface area contributed by atoms with Gasteiger partial charge in [-0.15, -0.1) is 0 Å². The van der Waals surface area contributed by atoms with Crippen LogP contribution in [-0.2, 0) is 16.6 Å². The van der Waals surface area contributed by atoms with E-state index in [0.29, 0.717) is 34.4 Å². The fourth-order valence-corrected chi connectivity index (χ4v) is 4.77. The highest BCUT2D eigenvalue weighted by Gasteiger charge is 2.37. The van der Waals surface area contributed by atoms with Crippen LogP contribution in [0.2, 0.25) is 0 Å². The molecule has 210 valence electrons. The third-order valence-corrected chi connectivity index (χ3v) is 7.13. The molecule has 1 amide bonds. The molecule has 0 spiro atoms. The third-order valence-electron chi connectivity index (χ3n) is 7.13. The SMILES string of the molecule is Cc1ccc(-c2cc(C(=O)N[C@H](C)c3ccc(C(F)(F)F)nc3)cc(C3=NOC(C)(c4ccccc4)C3)c2)c(F)c1. The predicted octanol–water partition coefficient (Wildman–Crippen LogP) is 7.75. The smallest absolute Gasteiger partial charge is 0.384 e. The molecule has 1 unspecified atom stereocenters. The number of nitrogens with zero attached hydrogens (tertiary/aromatic N) is 2. The number of hydrogen-bond acceptors (Lipinski definition) is 4. The lowest BCUT2D eigenvalue weighted by molar-refractivity contribution is -0.141. The number of nitrogens with one attached hydrogen (secondary N) is 1. The molecule has 1 aliphatic heterocycles. The summed E-state index contributed by atoms with van der Waals surface area (Å²) in [5.41, 5.74) is 2.59. The van der Waals surface area contributed by atoms with Crippen LogP contribution in [0, 0.1) is 12.7 Å². The molecule has 0 bridgehead atoms. The van der Waals surface area contributed by atoms with Crippen LogP contribution in [0.5, 0.6) is 0 Å². The van der Waals surface area contributed by atoms with Gasteiger partial charge in [0.2, 0.25) is 0 Å². The molecule has 2 atom stereocenters. The van der Waals surface area contributed by atoms with Crippen LogP contribution in [0.1, 0.15) is 64.6 Å². The molecule has 1 N–H and O–H groups in total. The number of halogens is 4. The molecule has 3 aromatic carbocycles. The highest BCUT2D eigenvalue weighted by Crippen LogP contribution is 2.37. The Balaban J connectivity index is 1.47. The summed E-state index contributed by atoms with van der Waals surface area (Å²) in [7, 11) is 0. The van der Waals surface area contributed by atoms with E-state index in [-0.39, 0.29) is 5.56 Å². The van der Waals surface area contributed by atoms with Crippen molar-refractivity contribution in [1.82, 2.24) is 10.3 Å². The minimum absolute atomic E-state index is 0.236. The van der Waals surface area contributed by atoms with Gasteiger partial charge in [-0.1, -0.05) is 53.7 Å². The van der Waals surface area contributed by atoms with Gasteiger partial charge in [-0.3, -0.25) is 9.78 Å². The number of benzene rings is 3. The summed E-state index contributed by atoms with van der Waals surface area (Å²) in [6.07, 6.45) is -3.05. The van der Waals surface area contributed by atoms with Gasteiger partial charge in [0.1, 0.15) is 11.5 Å². The maximum absolute atomic E-state index is 15.0. The van der Waals surface area contributed by atoms with Crippen molar-refractivity contribution in [3.05, 3.63) is 124 Å². The van der Waals surface area contributed by atoms with Gasteiger partial charge in [-0.2, -0.15) is 13.2 Å². The van der Waals surface area contributed by atoms with Crippen molar-refractivity contribution in [3.63, 3.8) is 0 Å². The van der Waals surface area contributed by atoms with Gasteiger partial charge in [-0.05, 0) is 73.4 Å². The maximum Gasteiger partial charge on any atom is 0.433 e. The zero-order valence-electron chi connectivity index (χ0n) is 22.6. The summed E-state index contributed by atoms with van der Waals surface area (Å²) in [4.78, 5) is 22.8. The van der Waals surface area contributed by atoms with E-state index in [1.54, 1.807) is 44.2 Å². The minimum atomic E-state index is -4.56. The lowest BCUT2D eigenvalue weighted by Crippen LogP contribution is -2.27. The van der Waals surface area contributed by atoms with Gasteiger partial charge in [0, 0.05) is 29.3 Å². The van der Waals surface area contributed by atoms with E-state index < -0.39 is 35.2 Å². The second kappa shape index (κ2) is 10.8. The second-order valence-corrected chi connectivity index (χ2v) is 10.4. The van der Waals surface area contributed by atoms with Gasteiger partial charge in [-0.25, -0.2) is 4.39 Å². The molecule has 5 rings (SSSR count). The monoisotopic (exact) mass is 561 g/mol. The first-order valence-corrected chi connectivity index (χ1v) is 13.0. The van der Waals surface area contributed by atoms with Crippen molar-refractivity contribution >= 4 is 11.6 Å². The summed E-state index contributed by atoms with van der Waals surface area (Å²) in [6, 6.07) is 21.0. The Morgan fingerprint density at radius 3 is 2.39 bits per heavy atom. The topological polar surface area (TPSA) is 63.6 Å². The van der Waals surface area contributed by atoms with Crippen molar-refractivity contribution in [1.29, 1.82) is 0 Å². The Morgan fingerprint density at radius 2 is 1.73 bits per heavy atom. The zero-order chi connectivity index (χ0) is 29.4. The lowest BCUT2D eigenvalue weighted by atomic mass is 9.88. The lowest BCUT2D eigenvalue weighted by Gasteiger charge is -2.21. The number of carbonyl (C=O) groups excluding carboxylic acids is 1. The van der Waals surface area contributed by atoms with E-state index in [9.17, 15) is 18.0 Å². The van der Waals surface area contributed by atoms with Crippen molar-refractivity contribution in [3.8, 4) is 11.1 Å². The van der Waals surface area contributed by atoms with Crippen LogP contribution >= 0.6 is 0 Å². The number of hydrogen-bond donors (Lipinski definition) is 1. The Hall–Kier alpha value is -4.53. The minimum Gasteiger partial charge on any atom is -0.384 e. The van der Waals surface area contributed by atoms with Gasteiger partial charge in [0.05, 0.1) is 11.8 Å². The van der Waals surface area contributed by atoms with Crippen LogP contribution in [0.15, 0.2) is 90.2 Å². The first-order chi connectivity index (χ1) is 19.4. The Morgan fingerprint density at radius 1 is 1.00 bits per heavy atom. The van der Waals surface area contributed by atoms with E-state index in [4.69, 9.17) is 4.84 Å². The molecule has 0 aliphatic carbocycles. The Kier molecular flexibility index (Phi) is 7.38. The van der Waals surface area contributed by atoms with E-state index in [2.05, 4.69) is 15.5 Å². The zero-order valence-corrected chi connectivity index (χ0v) is 22.6. The highest BCUT2D eigenvalue weighted by atomic mass is 19.4. The van der Waals surface area contributed by atoms with E-state index in [0.717, 1.165) is 23.4 Å². The molecule has 0 saturated heterocycles. The molecule has 9 heteroatoms. The molecule has 2 heterocycles. The number of aryl methyl sites for hydroxylation is 1. The van der Waals surface area contributed by atoms with Crippen LogP contribution in [0.4, 0.5) is 17.6 Å². The summed E-state index contributed by atoms with van der Waals surface area (Å²) < 4.78 is 53.8. The largest absolute Gasteiger partial charge is 0.433 e. The number of carbonyl (C=O) groups is 1. The predicted molar refractivity (Wildman–Crippen MR) is 148 cm³/mol. The molecule has 1 aromatic heterocycles. The van der Waals surface area contributed by atoms with Crippen molar-refractivity contribution in [2.75, 3.05) is 0 Å².